The van der Waals surface area contributed by atoms with E-state index in [-0.39, 0.29) is 23.7 Å². The van der Waals surface area contributed by atoms with Gasteiger partial charge in [0.25, 0.3) is 0 Å². The number of carbonyl (C=O) groups is 3. The van der Waals surface area contributed by atoms with Gasteiger partial charge in [-0.1, -0.05) is 0 Å². The van der Waals surface area contributed by atoms with Gasteiger partial charge in [-0.15, -0.1) is 0 Å². The first-order valence-electron chi connectivity index (χ1n) is 7.93. The van der Waals surface area contributed by atoms with Crippen LogP contribution >= 0.6 is 0 Å². The van der Waals surface area contributed by atoms with Gasteiger partial charge in [-0.05, 0) is 33.5 Å². The number of rotatable bonds is 7. The third kappa shape index (κ3) is 4.43. The minimum absolute atomic E-state index is 0.00336. The number of hydrogen-bond donors (Lipinski definition) is 1. The van der Waals surface area contributed by atoms with Gasteiger partial charge in [0.15, 0.2) is 0 Å². The van der Waals surface area contributed by atoms with E-state index in [0.717, 1.165) is 19.4 Å². The van der Waals surface area contributed by atoms with Crippen molar-refractivity contribution in [3.63, 3.8) is 0 Å². The molecule has 22 heavy (non-hydrogen) atoms. The van der Waals surface area contributed by atoms with Gasteiger partial charge in [-0.2, -0.15) is 0 Å². The highest BCUT2D eigenvalue weighted by Crippen LogP contribution is 2.40. The highest BCUT2D eigenvalue weighted by molar-refractivity contribution is 5.92. The average Bonchev–Trinajstić information content (AvgIpc) is 3.31. The van der Waals surface area contributed by atoms with Crippen LogP contribution in [0.5, 0.6) is 0 Å². The second-order valence-electron chi connectivity index (χ2n) is 6.36. The van der Waals surface area contributed by atoms with Gasteiger partial charge in [0.1, 0.15) is 0 Å². The maximum Gasteiger partial charge on any atom is 0.226 e. The fourth-order valence-electron chi connectivity index (χ4n) is 2.78. The summed E-state index contributed by atoms with van der Waals surface area (Å²) >= 11 is 0. The number of amides is 3. The Bertz CT molecular complexity index is 419. The van der Waals surface area contributed by atoms with E-state index >= 15 is 0 Å². The molecule has 2 aliphatic rings. The van der Waals surface area contributed by atoms with E-state index in [1.807, 2.05) is 14.1 Å². The van der Waals surface area contributed by atoms with Crippen molar-refractivity contribution in [3.8, 4) is 0 Å². The summed E-state index contributed by atoms with van der Waals surface area (Å²) in [6.45, 7) is 3.92. The minimum Gasteiger partial charge on any atom is -0.356 e. The fourth-order valence-corrected chi connectivity index (χ4v) is 2.78. The molecule has 2 atom stereocenters. The molecule has 1 aliphatic carbocycles. The molecule has 1 aliphatic heterocycles. The summed E-state index contributed by atoms with van der Waals surface area (Å²) < 4.78 is 0. The predicted octanol–water partition coefficient (Wildman–Crippen LogP) is -1.01. The van der Waals surface area contributed by atoms with E-state index in [4.69, 9.17) is 0 Å². The number of nitrogens with zero attached hydrogens (tertiary/aromatic N) is 3. The van der Waals surface area contributed by atoms with Crippen LogP contribution in [0.1, 0.15) is 12.8 Å². The quantitative estimate of drug-likeness (QED) is 0.483. The van der Waals surface area contributed by atoms with Crippen molar-refractivity contribution in [2.75, 3.05) is 53.4 Å². The monoisotopic (exact) mass is 310 g/mol. The normalized spacial score (nSPS) is 24.3. The van der Waals surface area contributed by atoms with Crippen LogP contribution in [0.2, 0.25) is 0 Å². The molecule has 2 unspecified atom stereocenters. The number of carbonyl (C=O) groups excluding carboxylic acids is 3. The molecule has 2 fully saturated rings. The zero-order valence-corrected chi connectivity index (χ0v) is 13.5. The third-order valence-corrected chi connectivity index (χ3v) is 4.30. The van der Waals surface area contributed by atoms with Crippen LogP contribution in [0, 0.1) is 11.8 Å². The Labute approximate surface area is 131 Å². The Morgan fingerprint density at radius 2 is 1.86 bits per heavy atom. The summed E-state index contributed by atoms with van der Waals surface area (Å²) in [4.78, 5) is 40.5. The third-order valence-electron chi connectivity index (χ3n) is 4.30. The standard InChI is InChI=1S/C15H26N4O3/c1-17(2)5-3-4-16-14(21)12-10-13(12)15(22)19-8-6-18(11-20)7-9-19/h11-13H,3-10H2,1-2H3,(H,16,21). The molecule has 3 amide bonds. The summed E-state index contributed by atoms with van der Waals surface area (Å²) in [7, 11) is 4.00. The average molecular weight is 310 g/mol. The molecule has 0 radical (unpaired) electrons. The summed E-state index contributed by atoms with van der Waals surface area (Å²) in [5.41, 5.74) is 0. The van der Waals surface area contributed by atoms with Crippen LogP contribution in [-0.4, -0.2) is 86.3 Å². The van der Waals surface area contributed by atoms with Crippen LogP contribution in [0.25, 0.3) is 0 Å². The van der Waals surface area contributed by atoms with Crippen LogP contribution in [0.15, 0.2) is 0 Å². The summed E-state index contributed by atoms with van der Waals surface area (Å²) in [6, 6.07) is 0. The molecule has 7 heteroatoms. The lowest BCUT2D eigenvalue weighted by Gasteiger charge is -2.32. The van der Waals surface area contributed by atoms with Gasteiger partial charge in [-0.3, -0.25) is 14.4 Å². The molecule has 0 aromatic carbocycles. The lowest BCUT2D eigenvalue weighted by molar-refractivity contribution is -0.137. The SMILES string of the molecule is CN(C)CCCNC(=O)C1CC1C(=O)N1CCN(C=O)CC1. The lowest BCUT2D eigenvalue weighted by atomic mass is 10.2. The van der Waals surface area contributed by atoms with Crippen LogP contribution in [-0.2, 0) is 14.4 Å². The largest absolute Gasteiger partial charge is 0.356 e. The molecular weight excluding hydrogens is 284 g/mol. The number of hydrogen-bond acceptors (Lipinski definition) is 4. The second-order valence-corrected chi connectivity index (χ2v) is 6.36. The van der Waals surface area contributed by atoms with Gasteiger partial charge < -0.3 is 20.0 Å². The predicted molar refractivity (Wildman–Crippen MR) is 82.0 cm³/mol. The number of piperazine rings is 1. The highest BCUT2D eigenvalue weighted by atomic mass is 16.2. The lowest BCUT2D eigenvalue weighted by Crippen LogP contribution is -2.48. The Morgan fingerprint density at radius 1 is 1.18 bits per heavy atom. The van der Waals surface area contributed by atoms with Crippen molar-refractivity contribution in [3.05, 3.63) is 0 Å². The molecule has 7 nitrogen and oxygen atoms in total. The first-order valence-corrected chi connectivity index (χ1v) is 7.93. The van der Waals surface area contributed by atoms with Crippen molar-refractivity contribution >= 4 is 18.2 Å². The van der Waals surface area contributed by atoms with Gasteiger partial charge in [0.05, 0.1) is 11.8 Å². The molecule has 2 rings (SSSR count). The summed E-state index contributed by atoms with van der Waals surface area (Å²) in [6.07, 6.45) is 2.40. The fraction of sp³-hybridized carbons (Fsp3) is 0.800. The molecule has 1 N–H and O–H groups in total. The maximum absolute atomic E-state index is 12.3. The van der Waals surface area contributed by atoms with Gasteiger partial charge >= 0.3 is 0 Å². The Hall–Kier alpha value is -1.63. The molecule has 1 saturated heterocycles. The zero-order chi connectivity index (χ0) is 16.1. The van der Waals surface area contributed by atoms with Crippen molar-refractivity contribution in [1.82, 2.24) is 20.0 Å². The van der Waals surface area contributed by atoms with Crippen molar-refractivity contribution in [2.45, 2.75) is 12.8 Å². The molecule has 0 spiro atoms. The van der Waals surface area contributed by atoms with Crippen LogP contribution in [0.4, 0.5) is 0 Å². The first-order chi connectivity index (χ1) is 10.5. The zero-order valence-electron chi connectivity index (χ0n) is 13.5. The van der Waals surface area contributed by atoms with E-state index < -0.39 is 0 Å². The van der Waals surface area contributed by atoms with Crippen molar-refractivity contribution in [2.24, 2.45) is 11.8 Å². The first kappa shape index (κ1) is 16.7. The highest BCUT2D eigenvalue weighted by Gasteiger charge is 2.49. The van der Waals surface area contributed by atoms with E-state index in [1.165, 1.54) is 0 Å². The molecule has 1 saturated carbocycles. The molecule has 0 bridgehead atoms. The number of nitrogens with one attached hydrogen (secondary N) is 1. The minimum atomic E-state index is -0.157. The van der Waals surface area contributed by atoms with E-state index in [1.54, 1.807) is 9.80 Å². The van der Waals surface area contributed by atoms with Gasteiger partial charge in [0, 0.05) is 32.7 Å². The van der Waals surface area contributed by atoms with Gasteiger partial charge in [-0.25, -0.2) is 0 Å². The molecule has 1 heterocycles. The Balaban J connectivity index is 1.67. The molecular formula is C15H26N4O3. The maximum atomic E-state index is 12.3. The molecule has 124 valence electrons. The summed E-state index contributed by atoms with van der Waals surface area (Å²) in [5.74, 6) is -0.241. The van der Waals surface area contributed by atoms with E-state index in [9.17, 15) is 14.4 Å². The van der Waals surface area contributed by atoms with E-state index in [0.29, 0.717) is 39.1 Å². The van der Waals surface area contributed by atoms with E-state index in [2.05, 4.69) is 10.2 Å². The summed E-state index contributed by atoms with van der Waals surface area (Å²) in [5, 5.41) is 2.91. The van der Waals surface area contributed by atoms with Crippen LogP contribution in [0.3, 0.4) is 0 Å². The van der Waals surface area contributed by atoms with Crippen molar-refractivity contribution < 1.29 is 14.4 Å². The molecule has 0 aromatic heterocycles. The second kappa shape index (κ2) is 7.58. The smallest absolute Gasteiger partial charge is 0.226 e. The molecule has 0 aromatic rings. The topological polar surface area (TPSA) is 73.0 Å². The Morgan fingerprint density at radius 3 is 2.45 bits per heavy atom. The van der Waals surface area contributed by atoms with Crippen molar-refractivity contribution in [1.29, 1.82) is 0 Å². The van der Waals surface area contributed by atoms with Crippen LogP contribution < -0.4 is 5.32 Å². The Kier molecular flexibility index (Phi) is 5.76. The van der Waals surface area contributed by atoms with Gasteiger partial charge in [0.2, 0.25) is 18.2 Å².